The Hall–Kier alpha value is -2.43. The molecule has 0 saturated heterocycles. The molecule has 5 heteroatoms. The fraction of sp³-hybridized carbons (Fsp3) is 0.214. The molecule has 5 nitrogen and oxygen atoms in total. The summed E-state index contributed by atoms with van der Waals surface area (Å²) < 4.78 is 4.95. The number of anilines is 2. The molecule has 0 aliphatic carbocycles. The molecule has 98 valence electrons. The second-order valence-electron chi connectivity index (χ2n) is 3.95. The molecular weight excluding hydrogens is 242 g/mol. The number of nitrogens with zero attached hydrogens (tertiary/aromatic N) is 2. The molecule has 1 N–H and O–H groups in total. The van der Waals surface area contributed by atoms with E-state index in [-0.39, 0.29) is 5.97 Å². The van der Waals surface area contributed by atoms with Crippen molar-refractivity contribution in [2.75, 3.05) is 11.9 Å². The first-order chi connectivity index (χ1) is 9.19. The van der Waals surface area contributed by atoms with Crippen molar-refractivity contribution in [1.82, 2.24) is 9.97 Å². The van der Waals surface area contributed by atoms with Gasteiger partial charge in [0, 0.05) is 17.6 Å². The largest absolute Gasteiger partial charge is 0.462 e. The zero-order chi connectivity index (χ0) is 13.7. The molecule has 1 heterocycles. The van der Waals surface area contributed by atoms with E-state index in [1.807, 2.05) is 19.1 Å². The summed E-state index contributed by atoms with van der Waals surface area (Å²) in [6, 6.07) is 8.86. The van der Waals surface area contributed by atoms with E-state index in [4.69, 9.17) is 4.74 Å². The lowest BCUT2D eigenvalue weighted by atomic mass is 10.2. The molecule has 2 rings (SSSR count). The fourth-order valence-corrected chi connectivity index (χ4v) is 1.58. The molecule has 19 heavy (non-hydrogen) atoms. The summed E-state index contributed by atoms with van der Waals surface area (Å²) in [6.07, 6.45) is 1.68. The Morgan fingerprint density at radius 1 is 1.37 bits per heavy atom. The average Bonchev–Trinajstić information content (AvgIpc) is 2.39. The lowest BCUT2D eigenvalue weighted by molar-refractivity contribution is 0.0526. The Balaban J connectivity index is 2.17. The normalized spacial score (nSPS) is 10.0. The van der Waals surface area contributed by atoms with Crippen molar-refractivity contribution in [2.24, 2.45) is 0 Å². The first kappa shape index (κ1) is 13.0. The van der Waals surface area contributed by atoms with Crippen LogP contribution in [0.15, 0.2) is 36.5 Å². The zero-order valence-corrected chi connectivity index (χ0v) is 10.9. The summed E-state index contributed by atoms with van der Waals surface area (Å²) in [5.74, 6) is 0.164. The molecule has 0 saturated carbocycles. The topological polar surface area (TPSA) is 64.1 Å². The number of hydrogen-bond donors (Lipinski definition) is 1. The molecule has 0 radical (unpaired) electrons. The van der Waals surface area contributed by atoms with E-state index in [0.717, 1.165) is 11.4 Å². The Kier molecular flexibility index (Phi) is 4.07. The maximum Gasteiger partial charge on any atom is 0.338 e. The number of carbonyl (C=O) groups excluding carboxylic acids is 1. The van der Waals surface area contributed by atoms with E-state index in [9.17, 15) is 4.79 Å². The van der Waals surface area contributed by atoms with Crippen LogP contribution >= 0.6 is 0 Å². The van der Waals surface area contributed by atoms with E-state index in [2.05, 4.69) is 15.3 Å². The Labute approximate surface area is 111 Å². The Bertz CT molecular complexity index is 584. The number of aryl methyl sites for hydroxylation is 1. The first-order valence-electron chi connectivity index (χ1n) is 6.03. The summed E-state index contributed by atoms with van der Waals surface area (Å²) >= 11 is 0. The number of hydrogen-bond acceptors (Lipinski definition) is 5. The quantitative estimate of drug-likeness (QED) is 0.853. The number of aromatic nitrogens is 2. The Morgan fingerprint density at radius 3 is 2.95 bits per heavy atom. The molecule has 0 amide bonds. The number of rotatable bonds is 4. The number of ether oxygens (including phenoxy) is 1. The van der Waals surface area contributed by atoms with Gasteiger partial charge in [-0.25, -0.2) is 14.8 Å². The van der Waals surface area contributed by atoms with Crippen molar-refractivity contribution < 1.29 is 9.53 Å². The highest BCUT2D eigenvalue weighted by atomic mass is 16.5. The molecule has 0 aliphatic heterocycles. The lowest BCUT2D eigenvalue weighted by Crippen LogP contribution is -2.05. The van der Waals surface area contributed by atoms with Gasteiger partial charge in [0.2, 0.25) is 5.95 Å². The van der Waals surface area contributed by atoms with Gasteiger partial charge in [0.05, 0.1) is 12.2 Å². The predicted molar refractivity (Wildman–Crippen MR) is 72.5 cm³/mol. The lowest BCUT2D eigenvalue weighted by Gasteiger charge is -2.07. The monoisotopic (exact) mass is 257 g/mol. The third-order valence-electron chi connectivity index (χ3n) is 2.42. The van der Waals surface area contributed by atoms with Crippen LogP contribution in [0, 0.1) is 6.92 Å². The van der Waals surface area contributed by atoms with Crippen LogP contribution in [-0.2, 0) is 4.74 Å². The molecule has 0 unspecified atom stereocenters. The van der Waals surface area contributed by atoms with Crippen molar-refractivity contribution in [2.45, 2.75) is 13.8 Å². The minimum Gasteiger partial charge on any atom is -0.462 e. The maximum atomic E-state index is 11.6. The highest BCUT2D eigenvalue weighted by Crippen LogP contribution is 2.15. The van der Waals surface area contributed by atoms with Gasteiger partial charge in [0.1, 0.15) is 0 Å². The smallest absolute Gasteiger partial charge is 0.338 e. The molecule has 1 aromatic carbocycles. The maximum absolute atomic E-state index is 11.6. The van der Waals surface area contributed by atoms with Crippen LogP contribution in [0.3, 0.4) is 0 Å². The van der Waals surface area contributed by atoms with Crippen LogP contribution in [0.1, 0.15) is 23.0 Å². The minimum atomic E-state index is -0.337. The van der Waals surface area contributed by atoms with Gasteiger partial charge in [0.25, 0.3) is 0 Å². The first-order valence-corrected chi connectivity index (χ1v) is 6.03. The van der Waals surface area contributed by atoms with Crippen molar-refractivity contribution in [3.63, 3.8) is 0 Å². The molecule has 0 atom stereocenters. The van der Waals surface area contributed by atoms with Crippen molar-refractivity contribution in [3.8, 4) is 0 Å². The summed E-state index contributed by atoms with van der Waals surface area (Å²) in [5, 5.41) is 3.05. The van der Waals surface area contributed by atoms with Crippen molar-refractivity contribution in [1.29, 1.82) is 0 Å². The van der Waals surface area contributed by atoms with Gasteiger partial charge < -0.3 is 10.1 Å². The van der Waals surface area contributed by atoms with Gasteiger partial charge >= 0.3 is 5.97 Å². The van der Waals surface area contributed by atoms with Crippen molar-refractivity contribution in [3.05, 3.63) is 47.8 Å². The van der Waals surface area contributed by atoms with Crippen LogP contribution in [0.25, 0.3) is 0 Å². The van der Waals surface area contributed by atoms with E-state index >= 15 is 0 Å². The molecule has 1 aromatic heterocycles. The highest BCUT2D eigenvalue weighted by molar-refractivity contribution is 5.90. The molecule has 0 fully saturated rings. The predicted octanol–water partition coefficient (Wildman–Crippen LogP) is 2.71. The van der Waals surface area contributed by atoms with Crippen LogP contribution in [0.2, 0.25) is 0 Å². The second kappa shape index (κ2) is 5.95. The summed E-state index contributed by atoms with van der Waals surface area (Å²) in [7, 11) is 0. The SMILES string of the molecule is CCOC(=O)c1cccc(Nc2nccc(C)n2)c1. The fourth-order valence-electron chi connectivity index (χ4n) is 1.58. The number of benzene rings is 1. The third kappa shape index (κ3) is 3.51. The standard InChI is InChI=1S/C14H15N3O2/c1-3-19-13(18)11-5-4-6-12(9-11)17-14-15-8-7-10(2)16-14/h4-9H,3H2,1-2H3,(H,15,16,17). The summed E-state index contributed by atoms with van der Waals surface area (Å²) in [6.45, 7) is 4.03. The minimum absolute atomic E-state index is 0.337. The van der Waals surface area contributed by atoms with E-state index in [1.54, 1.807) is 31.3 Å². The van der Waals surface area contributed by atoms with Gasteiger partial charge in [-0.05, 0) is 38.1 Å². The van der Waals surface area contributed by atoms with Gasteiger partial charge in [0.15, 0.2) is 0 Å². The molecule has 2 aromatic rings. The third-order valence-corrected chi connectivity index (χ3v) is 2.42. The van der Waals surface area contributed by atoms with E-state index < -0.39 is 0 Å². The molecule has 0 spiro atoms. The van der Waals surface area contributed by atoms with Crippen molar-refractivity contribution >= 4 is 17.6 Å². The van der Waals surface area contributed by atoms with Crippen LogP contribution in [0.4, 0.5) is 11.6 Å². The second-order valence-corrected chi connectivity index (χ2v) is 3.95. The zero-order valence-electron chi connectivity index (χ0n) is 10.9. The highest BCUT2D eigenvalue weighted by Gasteiger charge is 2.07. The van der Waals surface area contributed by atoms with Crippen LogP contribution < -0.4 is 5.32 Å². The Morgan fingerprint density at radius 2 is 2.21 bits per heavy atom. The average molecular weight is 257 g/mol. The number of nitrogens with one attached hydrogen (secondary N) is 1. The van der Waals surface area contributed by atoms with Gasteiger partial charge in [-0.15, -0.1) is 0 Å². The van der Waals surface area contributed by atoms with Crippen LogP contribution in [-0.4, -0.2) is 22.5 Å². The summed E-state index contributed by atoms with van der Waals surface area (Å²) in [4.78, 5) is 20.0. The van der Waals surface area contributed by atoms with E-state index in [0.29, 0.717) is 18.1 Å². The summed E-state index contributed by atoms with van der Waals surface area (Å²) in [5.41, 5.74) is 2.12. The number of carbonyl (C=O) groups is 1. The van der Waals surface area contributed by atoms with Crippen LogP contribution in [0.5, 0.6) is 0 Å². The molecular formula is C14H15N3O2. The van der Waals surface area contributed by atoms with E-state index in [1.165, 1.54) is 0 Å². The van der Waals surface area contributed by atoms with Gasteiger partial charge in [-0.2, -0.15) is 0 Å². The van der Waals surface area contributed by atoms with Gasteiger partial charge in [-0.1, -0.05) is 6.07 Å². The number of esters is 1. The molecule has 0 aliphatic rings. The van der Waals surface area contributed by atoms with Gasteiger partial charge in [-0.3, -0.25) is 0 Å². The molecule has 0 bridgehead atoms.